The predicted octanol–water partition coefficient (Wildman–Crippen LogP) is 4.86. The van der Waals surface area contributed by atoms with E-state index in [-0.39, 0.29) is 5.82 Å². The Morgan fingerprint density at radius 3 is 2.69 bits per heavy atom. The predicted molar refractivity (Wildman–Crippen MR) is 99.8 cm³/mol. The van der Waals surface area contributed by atoms with Crippen LogP contribution in [-0.2, 0) is 0 Å². The Hall–Kier alpha value is -3.41. The van der Waals surface area contributed by atoms with Gasteiger partial charge < -0.3 is 9.73 Å². The zero-order valence-corrected chi connectivity index (χ0v) is 14.4. The number of nitrogens with one attached hydrogen (secondary N) is 2. The van der Waals surface area contributed by atoms with Crippen molar-refractivity contribution >= 4 is 17.9 Å². The highest BCUT2D eigenvalue weighted by Gasteiger charge is 2.05. The van der Waals surface area contributed by atoms with Gasteiger partial charge in [-0.2, -0.15) is 5.10 Å². The van der Waals surface area contributed by atoms with Crippen LogP contribution in [0.2, 0.25) is 0 Å². The minimum Gasteiger partial charge on any atom is -0.455 e. The molecule has 0 fully saturated rings. The van der Waals surface area contributed by atoms with E-state index in [1.807, 2.05) is 32.0 Å². The van der Waals surface area contributed by atoms with Gasteiger partial charge in [0, 0.05) is 11.3 Å². The van der Waals surface area contributed by atoms with Gasteiger partial charge in [-0.1, -0.05) is 18.2 Å². The van der Waals surface area contributed by atoms with E-state index in [2.05, 4.69) is 15.8 Å². The van der Waals surface area contributed by atoms with E-state index in [0.717, 1.165) is 11.1 Å². The molecule has 2 aromatic carbocycles. The molecule has 0 spiro atoms. The second-order valence-electron chi connectivity index (χ2n) is 5.84. The molecule has 0 bridgehead atoms. The number of carbonyl (C=O) groups is 1. The summed E-state index contributed by atoms with van der Waals surface area (Å²) in [6.45, 7) is 3.98. The number of halogens is 1. The largest absolute Gasteiger partial charge is 0.455 e. The number of hydrogen-bond donors (Lipinski definition) is 2. The van der Waals surface area contributed by atoms with Crippen molar-refractivity contribution in [3.05, 3.63) is 77.3 Å². The number of anilines is 1. The normalized spacial score (nSPS) is 10.9. The molecule has 0 saturated heterocycles. The highest BCUT2D eigenvalue weighted by Crippen LogP contribution is 2.22. The average Bonchev–Trinajstić information content (AvgIpc) is 3.07. The highest BCUT2D eigenvalue weighted by molar-refractivity contribution is 5.90. The quantitative estimate of drug-likeness (QED) is 0.521. The van der Waals surface area contributed by atoms with Crippen LogP contribution in [0.25, 0.3) is 11.3 Å². The molecule has 5 nitrogen and oxygen atoms in total. The summed E-state index contributed by atoms with van der Waals surface area (Å²) in [6, 6.07) is 14.7. The molecule has 26 heavy (non-hydrogen) atoms. The third kappa shape index (κ3) is 4.36. The number of amides is 2. The molecule has 0 atom stereocenters. The maximum absolute atomic E-state index is 13.3. The first kappa shape index (κ1) is 17.4. The number of carbonyl (C=O) groups excluding carboxylic acids is 1. The Balaban J connectivity index is 1.58. The van der Waals surface area contributed by atoms with Gasteiger partial charge in [0.2, 0.25) is 0 Å². The molecular weight excluding hydrogens is 333 g/mol. The molecule has 132 valence electrons. The van der Waals surface area contributed by atoms with Crippen LogP contribution in [0, 0.1) is 19.7 Å². The molecule has 0 aliphatic rings. The number of urea groups is 1. The summed E-state index contributed by atoms with van der Waals surface area (Å²) < 4.78 is 18.8. The third-order valence-corrected chi connectivity index (χ3v) is 3.86. The lowest BCUT2D eigenvalue weighted by Crippen LogP contribution is -2.24. The van der Waals surface area contributed by atoms with Gasteiger partial charge in [0.05, 0.1) is 6.21 Å². The van der Waals surface area contributed by atoms with Crippen molar-refractivity contribution in [1.29, 1.82) is 0 Å². The van der Waals surface area contributed by atoms with Crippen molar-refractivity contribution in [2.75, 3.05) is 5.32 Å². The van der Waals surface area contributed by atoms with Crippen LogP contribution in [0.4, 0.5) is 14.9 Å². The topological polar surface area (TPSA) is 66.6 Å². The van der Waals surface area contributed by atoms with E-state index in [1.165, 1.54) is 18.3 Å². The Bertz CT molecular complexity index is 963. The van der Waals surface area contributed by atoms with Crippen molar-refractivity contribution in [3.63, 3.8) is 0 Å². The lowest BCUT2D eigenvalue weighted by Gasteiger charge is -2.06. The van der Waals surface area contributed by atoms with Gasteiger partial charge in [0.25, 0.3) is 0 Å². The molecule has 0 aliphatic heterocycles. The first-order valence-corrected chi connectivity index (χ1v) is 8.04. The fourth-order valence-electron chi connectivity index (χ4n) is 2.35. The second-order valence-corrected chi connectivity index (χ2v) is 5.84. The van der Waals surface area contributed by atoms with Crippen LogP contribution < -0.4 is 10.7 Å². The zero-order valence-electron chi connectivity index (χ0n) is 14.4. The molecule has 2 N–H and O–H groups in total. The number of rotatable bonds is 4. The van der Waals surface area contributed by atoms with Crippen LogP contribution in [0.3, 0.4) is 0 Å². The minimum absolute atomic E-state index is 0.334. The Morgan fingerprint density at radius 1 is 1.08 bits per heavy atom. The van der Waals surface area contributed by atoms with Crippen molar-refractivity contribution in [1.82, 2.24) is 5.43 Å². The van der Waals surface area contributed by atoms with Gasteiger partial charge >= 0.3 is 6.03 Å². The fraction of sp³-hybridized carbons (Fsp3) is 0.100. The van der Waals surface area contributed by atoms with Crippen molar-refractivity contribution < 1.29 is 13.6 Å². The van der Waals surface area contributed by atoms with Gasteiger partial charge in [-0.05, 0) is 61.4 Å². The smallest absolute Gasteiger partial charge is 0.339 e. The lowest BCUT2D eigenvalue weighted by atomic mass is 10.1. The number of hydrogen-bond acceptors (Lipinski definition) is 3. The molecule has 0 saturated carbocycles. The molecule has 3 rings (SSSR count). The van der Waals surface area contributed by atoms with Crippen LogP contribution >= 0.6 is 0 Å². The van der Waals surface area contributed by atoms with Gasteiger partial charge in [0.15, 0.2) is 0 Å². The van der Waals surface area contributed by atoms with Gasteiger partial charge in [0.1, 0.15) is 17.3 Å². The van der Waals surface area contributed by atoms with Crippen molar-refractivity contribution in [2.24, 2.45) is 5.10 Å². The maximum Gasteiger partial charge on any atom is 0.339 e. The molecule has 1 heterocycles. The van der Waals surface area contributed by atoms with Crippen LogP contribution in [0.5, 0.6) is 0 Å². The van der Waals surface area contributed by atoms with E-state index >= 15 is 0 Å². The van der Waals surface area contributed by atoms with E-state index in [0.29, 0.717) is 22.8 Å². The number of nitrogens with zero attached hydrogens (tertiary/aromatic N) is 1. The van der Waals surface area contributed by atoms with E-state index < -0.39 is 6.03 Å². The van der Waals surface area contributed by atoms with Crippen molar-refractivity contribution in [3.8, 4) is 11.3 Å². The van der Waals surface area contributed by atoms with Crippen LogP contribution in [0.1, 0.15) is 16.9 Å². The molecule has 2 amide bonds. The Morgan fingerprint density at radius 2 is 1.92 bits per heavy atom. The molecule has 0 unspecified atom stereocenters. The fourth-order valence-corrected chi connectivity index (χ4v) is 2.35. The number of hydrazone groups is 1. The standard InChI is InChI=1S/C20H18FN3O2/c1-13-6-7-17(10-14(13)2)23-20(25)24-22-12-18-8-9-19(26-18)15-4-3-5-16(21)11-15/h3-12H,1-2H3,(H2,23,24,25)/b22-12+. The van der Waals surface area contributed by atoms with Crippen molar-refractivity contribution in [2.45, 2.75) is 13.8 Å². The SMILES string of the molecule is Cc1ccc(NC(=O)N/N=C/c2ccc(-c3cccc(F)c3)o2)cc1C. The number of aryl methyl sites for hydroxylation is 2. The average molecular weight is 351 g/mol. The summed E-state index contributed by atoms with van der Waals surface area (Å²) in [4.78, 5) is 11.9. The third-order valence-electron chi connectivity index (χ3n) is 3.86. The summed E-state index contributed by atoms with van der Waals surface area (Å²) >= 11 is 0. The molecule has 3 aromatic rings. The molecule has 1 aromatic heterocycles. The summed E-state index contributed by atoms with van der Waals surface area (Å²) in [7, 11) is 0. The number of benzene rings is 2. The molecule has 0 radical (unpaired) electrons. The first-order valence-electron chi connectivity index (χ1n) is 8.04. The van der Waals surface area contributed by atoms with Gasteiger partial charge in [-0.25, -0.2) is 14.6 Å². The van der Waals surface area contributed by atoms with E-state index in [9.17, 15) is 9.18 Å². The summed E-state index contributed by atoms with van der Waals surface area (Å²) in [5, 5.41) is 6.54. The van der Waals surface area contributed by atoms with Crippen LogP contribution in [-0.4, -0.2) is 12.2 Å². The minimum atomic E-state index is -0.457. The monoisotopic (exact) mass is 351 g/mol. The van der Waals surface area contributed by atoms with E-state index in [1.54, 1.807) is 24.3 Å². The lowest BCUT2D eigenvalue weighted by molar-refractivity contribution is 0.252. The van der Waals surface area contributed by atoms with Gasteiger partial charge in [-0.15, -0.1) is 0 Å². The summed E-state index contributed by atoms with van der Waals surface area (Å²) in [5.41, 5.74) is 5.93. The summed E-state index contributed by atoms with van der Waals surface area (Å²) in [5.74, 6) is 0.625. The molecular formula is C20H18FN3O2. The van der Waals surface area contributed by atoms with Gasteiger partial charge in [-0.3, -0.25) is 0 Å². The summed E-state index contributed by atoms with van der Waals surface area (Å²) in [6.07, 6.45) is 1.38. The number of furan rings is 1. The maximum atomic E-state index is 13.3. The van der Waals surface area contributed by atoms with Crippen LogP contribution in [0.15, 0.2) is 64.1 Å². The highest BCUT2D eigenvalue weighted by atomic mass is 19.1. The first-order chi connectivity index (χ1) is 12.5. The Kier molecular flexibility index (Phi) is 5.12. The zero-order chi connectivity index (χ0) is 18.5. The van der Waals surface area contributed by atoms with E-state index in [4.69, 9.17) is 4.42 Å². The Labute approximate surface area is 150 Å². The molecule has 6 heteroatoms. The molecule has 0 aliphatic carbocycles. The second kappa shape index (κ2) is 7.65.